The summed E-state index contributed by atoms with van der Waals surface area (Å²) >= 11 is 2.03. The van der Waals surface area contributed by atoms with Crippen molar-refractivity contribution in [3.05, 3.63) is 29.8 Å². The Hall–Kier alpha value is -1.36. The number of benzene rings is 1. The van der Waals surface area contributed by atoms with Crippen LogP contribution in [-0.2, 0) is 6.54 Å². The Balaban J connectivity index is 1.81. The normalized spacial score (nSPS) is 19.6. The fourth-order valence-electron chi connectivity index (χ4n) is 2.25. The van der Waals surface area contributed by atoms with E-state index in [0.717, 1.165) is 17.9 Å². The van der Waals surface area contributed by atoms with Gasteiger partial charge in [-0.2, -0.15) is 11.8 Å². The number of guanidine groups is 1. The van der Waals surface area contributed by atoms with Gasteiger partial charge < -0.3 is 15.8 Å². The lowest BCUT2D eigenvalue weighted by molar-refractivity contribution is 0.410. The second-order valence-corrected chi connectivity index (χ2v) is 6.29. The zero-order chi connectivity index (χ0) is 14.2. The van der Waals surface area contributed by atoms with Gasteiger partial charge in [0.25, 0.3) is 0 Å². The topological polar surface area (TPSA) is 59.6 Å². The summed E-state index contributed by atoms with van der Waals surface area (Å²) in [4.78, 5) is 4.38. The zero-order valence-electron chi connectivity index (χ0n) is 12.0. The van der Waals surface area contributed by atoms with Crippen molar-refractivity contribution in [3.63, 3.8) is 0 Å². The van der Waals surface area contributed by atoms with Crippen LogP contribution in [-0.4, -0.2) is 30.6 Å². The summed E-state index contributed by atoms with van der Waals surface area (Å²) in [7, 11) is 1.67. The van der Waals surface area contributed by atoms with Crippen molar-refractivity contribution in [2.24, 2.45) is 10.7 Å². The van der Waals surface area contributed by atoms with Gasteiger partial charge in [-0.25, -0.2) is 4.99 Å². The fourth-order valence-corrected chi connectivity index (χ4v) is 3.49. The van der Waals surface area contributed by atoms with Gasteiger partial charge in [0.2, 0.25) is 0 Å². The number of para-hydroxylation sites is 1. The molecule has 110 valence electrons. The summed E-state index contributed by atoms with van der Waals surface area (Å²) in [6.07, 6.45) is 3.95. The van der Waals surface area contributed by atoms with Crippen LogP contribution in [0.25, 0.3) is 0 Å². The Labute approximate surface area is 125 Å². The number of ether oxygens (including phenoxy) is 1. The van der Waals surface area contributed by atoms with E-state index in [-0.39, 0.29) is 0 Å². The van der Waals surface area contributed by atoms with Gasteiger partial charge in [-0.15, -0.1) is 0 Å². The van der Waals surface area contributed by atoms with Crippen molar-refractivity contribution in [1.29, 1.82) is 0 Å². The second-order valence-electron chi connectivity index (χ2n) is 4.88. The molecule has 0 aromatic heterocycles. The highest BCUT2D eigenvalue weighted by molar-refractivity contribution is 7.99. The average Bonchev–Trinajstić information content (AvgIpc) is 2.52. The molecule has 0 radical (unpaired) electrons. The maximum atomic E-state index is 5.92. The van der Waals surface area contributed by atoms with Crippen molar-refractivity contribution >= 4 is 17.7 Å². The Morgan fingerprint density at radius 3 is 3.05 bits per heavy atom. The largest absolute Gasteiger partial charge is 0.496 e. The number of rotatable bonds is 5. The van der Waals surface area contributed by atoms with E-state index in [0.29, 0.717) is 17.8 Å². The molecule has 3 N–H and O–H groups in total. The van der Waals surface area contributed by atoms with Crippen LogP contribution in [0.2, 0.25) is 0 Å². The molecule has 1 aliphatic rings. The maximum Gasteiger partial charge on any atom is 0.188 e. The molecule has 1 aromatic carbocycles. The van der Waals surface area contributed by atoms with Crippen LogP contribution in [0.5, 0.6) is 5.75 Å². The van der Waals surface area contributed by atoms with Gasteiger partial charge >= 0.3 is 0 Å². The third kappa shape index (κ3) is 4.63. The van der Waals surface area contributed by atoms with Crippen LogP contribution < -0.4 is 15.8 Å². The Bertz CT molecular complexity index is 444. The van der Waals surface area contributed by atoms with Gasteiger partial charge in [-0.1, -0.05) is 24.6 Å². The minimum Gasteiger partial charge on any atom is -0.496 e. The highest BCUT2D eigenvalue weighted by atomic mass is 32.2. The predicted octanol–water partition coefficient (Wildman–Crippen LogP) is 2.39. The Morgan fingerprint density at radius 1 is 1.45 bits per heavy atom. The number of thioether (sulfide) groups is 1. The molecule has 4 nitrogen and oxygen atoms in total. The number of hydrogen-bond acceptors (Lipinski definition) is 3. The van der Waals surface area contributed by atoms with Crippen LogP contribution in [0.4, 0.5) is 0 Å². The number of hydrogen-bond donors (Lipinski definition) is 2. The van der Waals surface area contributed by atoms with Gasteiger partial charge in [-0.3, -0.25) is 0 Å². The van der Waals surface area contributed by atoms with E-state index in [1.165, 1.54) is 25.0 Å². The summed E-state index contributed by atoms with van der Waals surface area (Å²) in [5.41, 5.74) is 6.97. The summed E-state index contributed by atoms with van der Waals surface area (Å²) < 4.78 is 5.30. The van der Waals surface area contributed by atoms with Crippen LogP contribution in [0.15, 0.2) is 29.3 Å². The molecule has 1 aromatic rings. The molecule has 1 unspecified atom stereocenters. The lowest BCUT2D eigenvalue weighted by Gasteiger charge is -2.21. The number of nitrogens with two attached hydrogens (primary N) is 1. The molecular weight excluding hydrogens is 270 g/mol. The molecule has 5 heteroatoms. The van der Waals surface area contributed by atoms with E-state index in [1.807, 2.05) is 36.0 Å². The SMILES string of the molecule is COc1ccccc1CN=C(N)NCC1CCCCS1. The molecule has 0 saturated carbocycles. The van der Waals surface area contributed by atoms with E-state index in [4.69, 9.17) is 10.5 Å². The molecular formula is C15H23N3OS. The van der Waals surface area contributed by atoms with Gasteiger partial charge in [0.1, 0.15) is 5.75 Å². The predicted molar refractivity (Wildman–Crippen MR) is 86.4 cm³/mol. The fraction of sp³-hybridized carbons (Fsp3) is 0.533. The van der Waals surface area contributed by atoms with Crippen molar-refractivity contribution in [3.8, 4) is 5.75 Å². The van der Waals surface area contributed by atoms with Gasteiger partial charge in [0.05, 0.1) is 13.7 Å². The minimum absolute atomic E-state index is 0.516. The lowest BCUT2D eigenvalue weighted by Crippen LogP contribution is -2.37. The third-order valence-corrected chi connectivity index (χ3v) is 4.80. The van der Waals surface area contributed by atoms with Crippen LogP contribution >= 0.6 is 11.8 Å². The highest BCUT2D eigenvalue weighted by Crippen LogP contribution is 2.24. The van der Waals surface area contributed by atoms with Gasteiger partial charge in [0, 0.05) is 17.4 Å². The molecule has 1 atom stereocenters. The molecule has 20 heavy (non-hydrogen) atoms. The molecule has 0 amide bonds. The van der Waals surface area contributed by atoms with Crippen molar-refractivity contribution < 1.29 is 4.74 Å². The maximum absolute atomic E-state index is 5.92. The number of aliphatic imine (C=N–C) groups is 1. The monoisotopic (exact) mass is 293 g/mol. The summed E-state index contributed by atoms with van der Waals surface area (Å²) in [5.74, 6) is 2.64. The number of methoxy groups -OCH3 is 1. The van der Waals surface area contributed by atoms with E-state index in [2.05, 4.69) is 10.3 Å². The zero-order valence-corrected chi connectivity index (χ0v) is 12.8. The second kappa shape index (κ2) is 8.04. The first kappa shape index (κ1) is 15.0. The van der Waals surface area contributed by atoms with Crippen LogP contribution in [0.1, 0.15) is 24.8 Å². The smallest absolute Gasteiger partial charge is 0.188 e. The molecule has 1 fully saturated rings. The highest BCUT2D eigenvalue weighted by Gasteiger charge is 2.13. The molecule has 0 spiro atoms. The summed E-state index contributed by atoms with van der Waals surface area (Å²) in [6, 6.07) is 7.88. The minimum atomic E-state index is 0.516. The first-order valence-electron chi connectivity index (χ1n) is 7.07. The third-order valence-electron chi connectivity index (χ3n) is 3.40. The van der Waals surface area contributed by atoms with E-state index < -0.39 is 0 Å². The van der Waals surface area contributed by atoms with Crippen LogP contribution in [0, 0.1) is 0 Å². The average molecular weight is 293 g/mol. The summed E-state index contributed by atoms with van der Waals surface area (Å²) in [6.45, 7) is 1.45. The number of nitrogens with zero attached hydrogens (tertiary/aromatic N) is 1. The Morgan fingerprint density at radius 2 is 2.30 bits per heavy atom. The Kier molecular flexibility index (Phi) is 6.05. The van der Waals surface area contributed by atoms with Crippen molar-refractivity contribution in [2.45, 2.75) is 31.1 Å². The van der Waals surface area contributed by atoms with Crippen molar-refractivity contribution in [1.82, 2.24) is 5.32 Å². The lowest BCUT2D eigenvalue weighted by atomic mass is 10.2. The molecule has 1 heterocycles. The van der Waals surface area contributed by atoms with E-state index in [9.17, 15) is 0 Å². The molecule has 0 bridgehead atoms. The molecule has 2 rings (SSSR count). The number of nitrogens with one attached hydrogen (secondary N) is 1. The quantitative estimate of drug-likeness (QED) is 0.646. The van der Waals surface area contributed by atoms with Crippen LogP contribution in [0.3, 0.4) is 0 Å². The van der Waals surface area contributed by atoms with Crippen molar-refractivity contribution in [2.75, 3.05) is 19.4 Å². The molecule has 1 saturated heterocycles. The van der Waals surface area contributed by atoms with Gasteiger partial charge in [0.15, 0.2) is 5.96 Å². The van der Waals surface area contributed by atoms with E-state index in [1.54, 1.807) is 7.11 Å². The standard InChI is InChI=1S/C15H23N3OS/c1-19-14-8-3-2-6-12(14)10-17-15(16)18-11-13-7-4-5-9-20-13/h2-3,6,8,13H,4-5,7,9-11H2,1H3,(H3,16,17,18). The van der Waals surface area contributed by atoms with E-state index >= 15 is 0 Å². The summed E-state index contributed by atoms with van der Waals surface area (Å²) in [5, 5.41) is 3.90. The van der Waals surface area contributed by atoms with Gasteiger partial charge in [-0.05, 0) is 24.7 Å². The first-order valence-corrected chi connectivity index (χ1v) is 8.11. The molecule has 0 aliphatic carbocycles. The molecule has 1 aliphatic heterocycles. The first-order chi connectivity index (χ1) is 9.79.